The molecule has 2 aliphatic carbocycles. The van der Waals surface area contributed by atoms with Crippen molar-refractivity contribution in [2.45, 2.75) is 104 Å². The molecule has 0 aromatic carbocycles. The summed E-state index contributed by atoms with van der Waals surface area (Å²) in [6, 6.07) is 10.6. The number of aryl methyl sites for hydroxylation is 1. The molecule has 3 aromatic heterocycles. The maximum Gasteiger partial charge on any atom is 0.313 e. The maximum atomic E-state index is 13.2. The average molecular weight is 651 g/mol. The molecule has 10 heteroatoms. The minimum absolute atomic E-state index is 0.0299. The number of aliphatic hydroxyl groups is 1. The minimum Gasteiger partial charge on any atom is -0.415 e. The van der Waals surface area contributed by atoms with Crippen molar-refractivity contribution < 1.29 is 27.9 Å². The van der Waals surface area contributed by atoms with E-state index in [1.54, 1.807) is 6.20 Å². The largest absolute Gasteiger partial charge is 0.415 e. The van der Waals surface area contributed by atoms with Crippen molar-refractivity contribution in [3.63, 3.8) is 0 Å². The molecule has 254 valence electrons. The fraction of sp³-hybridized carbons (Fsp3) is 0.568. The van der Waals surface area contributed by atoms with E-state index in [2.05, 4.69) is 34.1 Å². The Hall–Kier alpha value is -3.50. The Balaban J connectivity index is 1.19. The first kappa shape index (κ1) is 34.8. The van der Waals surface area contributed by atoms with Crippen LogP contribution in [0.25, 0.3) is 11.3 Å². The molecule has 2 saturated carbocycles. The zero-order valence-corrected chi connectivity index (χ0v) is 28.2. The number of quaternary nitrogens is 1. The summed E-state index contributed by atoms with van der Waals surface area (Å²) in [5.74, 6) is 0.504. The second kappa shape index (κ2) is 15.2. The van der Waals surface area contributed by atoms with Crippen LogP contribution in [0.1, 0.15) is 102 Å². The molecule has 2 N–H and O–H groups in total. The Kier molecular flexibility index (Phi) is 11.2. The zero-order valence-electron chi connectivity index (χ0n) is 28.2. The van der Waals surface area contributed by atoms with Gasteiger partial charge in [-0.2, -0.15) is 0 Å². The Morgan fingerprint density at radius 1 is 1.00 bits per heavy atom. The standard InChI is InChI=1S/C37H50F2N5O3/c1-5-44(6-2,30-10-8-7-9-11-30)24-47-36(45)26-12-15-29(16-13-26)37(4,46)32-17-14-28(23-41-32)31-20-25(3)21-34(42-31)43-33-22-27(35(38)39)18-19-40-33/h14,17-23,26,29-30,35,46H,5-13,15-16,24H2,1-4H3,(H,40,42,43)/q+1/t26?,29?,37-/m1/s1. The van der Waals surface area contributed by atoms with Crippen LogP contribution in [0.15, 0.2) is 48.8 Å². The van der Waals surface area contributed by atoms with Crippen LogP contribution in [0.5, 0.6) is 0 Å². The predicted octanol–water partition coefficient (Wildman–Crippen LogP) is 8.23. The third kappa shape index (κ3) is 8.15. The van der Waals surface area contributed by atoms with Gasteiger partial charge in [0, 0.05) is 23.5 Å². The highest BCUT2D eigenvalue weighted by Crippen LogP contribution is 2.41. The summed E-state index contributed by atoms with van der Waals surface area (Å²) in [6.45, 7) is 10.6. The average Bonchev–Trinajstić information content (AvgIpc) is 3.09. The number of aromatic nitrogens is 3. The van der Waals surface area contributed by atoms with Crippen LogP contribution in [0.4, 0.5) is 20.4 Å². The molecule has 2 aliphatic rings. The molecule has 8 nitrogen and oxygen atoms in total. The summed E-state index contributed by atoms with van der Waals surface area (Å²) in [5.41, 5.74) is 1.66. The molecule has 5 rings (SSSR count). The van der Waals surface area contributed by atoms with Crippen molar-refractivity contribution in [3.05, 3.63) is 65.6 Å². The van der Waals surface area contributed by atoms with Crippen LogP contribution in [0.3, 0.4) is 0 Å². The smallest absolute Gasteiger partial charge is 0.313 e. The lowest BCUT2D eigenvalue weighted by atomic mass is 9.73. The molecule has 2 fully saturated rings. The van der Waals surface area contributed by atoms with Crippen LogP contribution >= 0.6 is 0 Å². The maximum absolute atomic E-state index is 13.2. The molecule has 0 unspecified atom stereocenters. The van der Waals surface area contributed by atoms with Gasteiger partial charge >= 0.3 is 5.97 Å². The first-order valence-electron chi connectivity index (χ1n) is 17.3. The number of nitrogens with zero attached hydrogens (tertiary/aromatic N) is 4. The number of carbonyl (C=O) groups is 1. The SMILES string of the molecule is CC[N+](CC)(COC(=O)C1CCC([C@@](C)(O)c2ccc(-c3cc(C)cc(Nc4cc(C(F)F)ccn4)n3)cn2)CC1)C1CCCCC1. The number of nitrogens with one attached hydrogen (secondary N) is 1. The number of esters is 1. The van der Waals surface area contributed by atoms with Crippen molar-refractivity contribution in [1.29, 1.82) is 0 Å². The summed E-state index contributed by atoms with van der Waals surface area (Å²) < 4.78 is 33.2. The first-order chi connectivity index (χ1) is 22.5. The van der Waals surface area contributed by atoms with Gasteiger partial charge < -0.3 is 15.2 Å². The summed E-state index contributed by atoms with van der Waals surface area (Å²) in [4.78, 5) is 26.6. The number of anilines is 2. The Bertz CT molecular complexity index is 1480. The van der Waals surface area contributed by atoms with Gasteiger partial charge in [-0.3, -0.25) is 14.3 Å². The summed E-state index contributed by atoms with van der Waals surface area (Å²) in [7, 11) is 0. The molecule has 0 amide bonds. The highest BCUT2D eigenvalue weighted by atomic mass is 19.3. The zero-order chi connectivity index (χ0) is 33.6. The number of rotatable bonds is 12. The van der Waals surface area contributed by atoms with E-state index in [-0.39, 0.29) is 29.2 Å². The van der Waals surface area contributed by atoms with Gasteiger partial charge in [0.1, 0.15) is 17.2 Å². The summed E-state index contributed by atoms with van der Waals surface area (Å²) in [6.07, 6.45) is 9.54. The monoisotopic (exact) mass is 650 g/mol. The van der Waals surface area contributed by atoms with Crippen molar-refractivity contribution >= 4 is 17.6 Å². The number of hydrogen-bond acceptors (Lipinski definition) is 7. The van der Waals surface area contributed by atoms with E-state index in [9.17, 15) is 18.7 Å². The van der Waals surface area contributed by atoms with Gasteiger partial charge in [-0.05, 0) is 127 Å². The molecule has 0 bridgehead atoms. The lowest BCUT2D eigenvalue weighted by molar-refractivity contribution is -0.964. The van der Waals surface area contributed by atoms with Crippen molar-refractivity contribution in [2.75, 3.05) is 25.1 Å². The fourth-order valence-electron chi connectivity index (χ4n) is 7.57. The molecule has 47 heavy (non-hydrogen) atoms. The van der Waals surface area contributed by atoms with E-state index in [0.717, 1.165) is 41.5 Å². The highest BCUT2D eigenvalue weighted by molar-refractivity contribution is 5.72. The van der Waals surface area contributed by atoms with E-state index >= 15 is 0 Å². The molecular weight excluding hydrogens is 600 g/mol. The normalized spacial score (nSPS) is 20.5. The number of ether oxygens (including phenoxy) is 1. The molecule has 0 radical (unpaired) electrons. The first-order valence-corrected chi connectivity index (χ1v) is 17.3. The Morgan fingerprint density at radius 2 is 1.72 bits per heavy atom. The van der Waals surface area contributed by atoms with E-state index in [1.807, 2.05) is 38.1 Å². The second-order valence-electron chi connectivity index (χ2n) is 13.7. The Labute approximate surface area is 277 Å². The van der Waals surface area contributed by atoms with E-state index in [4.69, 9.17) is 4.74 Å². The van der Waals surface area contributed by atoms with Crippen LogP contribution in [0, 0.1) is 18.8 Å². The van der Waals surface area contributed by atoms with Crippen LogP contribution < -0.4 is 5.32 Å². The van der Waals surface area contributed by atoms with Gasteiger partial charge in [-0.25, -0.2) is 18.7 Å². The van der Waals surface area contributed by atoms with Gasteiger partial charge in [0.2, 0.25) is 6.73 Å². The molecule has 3 heterocycles. The van der Waals surface area contributed by atoms with Crippen molar-refractivity contribution in [3.8, 4) is 11.3 Å². The van der Waals surface area contributed by atoms with Crippen LogP contribution in [0.2, 0.25) is 0 Å². The highest BCUT2D eigenvalue weighted by Gasteiger charge is 2.41. The van der Waals surface area contributed by atoms with Gasteiger partial charge in [0.15, 0.2) is 0 Å². The van der Waals surface area contributed by atoms with Gasteiger partial charge in [0.25, 0.3) is 6.43 Å². The molecule has 0 saturated heterocycles. The third-order valence-corrected chi connectivity index (χ3v) is 10.8. The molecule has 0 aliphatic heterocycles. The quantitative estimate of drug-likeness (QED) is 0.116. The van der Waals surface area contributed by atoms with Gasteiger partial charge in [-0.1, -0.05) is 6.42 Å². The van der Waals surface area contributed by atoms with E-state index < -0.39 is 12.0 Å². The fourth-order valence-corrected chi connectivity index (χ4v) is 7.57. The van der Waals surface area contributed by atoms with Gasteiger partial charge in [-0.15, -0.1) is 0 Å². The summed E-state index contributed by atoms with van der Waals surface area (Å²) >= 11 is 0. The molecule has 3 aromatic rings. The molecule has 0 spiro atoms. The second-order valence-corrected chi connectivity index (χ2v) is 13.7. The minimum atomic E-state index is -2.59. The number of halogens is 2. The Morgan fingerprint density at radius 3 is 2.36 bits per heavy atom. The molecule has 1 atom stereocenters. The van der Waals surface area contributed by atoms with E-state index in [1.165, 1.54) is 50.4 Å². The van der Waals surface area contributed by atoms with Crippen molar-refractivity contribution in [1.82, 2.24) is 15.0 Å². The van der Waals surface area contributed by atoms with Crippen LogP contribution in [-0.2, 0) is 15.1 Å². The number of hydrogen-bond donors (Lipinski definition) is 2. The van der Waals surface area contributed by atoms with Crippen LogP contribution in [-0.4, -0.2) is 56.4 Å². The lowest BCUT2D eigenvalue weighted by Crippen LogP contribution is -2.57. The topological polar surface area (TPSA) is 97.2 Å². The summed E-state index contributed by atoms with van der Waals surface area (Å²) in [5, 5.41) is 14.7. The predicted molar refractivity (Wildman–Crippen MR) is 179 cm³/mol. The number of pyridine rings is 3. The lowest BCUT2D eigenvalue weighted by Gasteiger charge is -2.44. The van der Waals surface area contributed by atoms with Crippen molar-refractivity contribution in [2.24, 2.45) is 11.8 Å². The van der Waals surface area contributed by atoms with E-state index in [0.29, 0.717) is 42.8 Å². The number of alkyl halides is 2. The van der Waals surface area contributed by atoms with Gasteiger partial charge in [0.05, 0.1) is 36.4 Å². The molecular formula is C37H50F2N5O3+. The third-order valence-electron chi connectivity index (χ3n) is 10.8. The number of carbonyl (C=O) groups excluding carboxylic acids is 1.